The van der Waals surface area contributed by atoms with Crippen molar-refractivity contribution in [2.24, 2.45) is 0 Å². The van der Waals surface area contributed by atoms with Crippen molar-refractivity contribution >= 4 is 11.0 Å². The molecule has 3 rings (SSSR count). The molecule has 2 nitrogen and oxygen atoms in total. The molecule has 16 heavy (non-hydrogen) atoms. The summed E-state index contributed by atoms with van der Waals surface area (Å²) in [7, 11) is 0. The Morgan fingerprint density at radius 1 is 1.25 bits per heavy atom. The molecule has 0 saturated carbocycles. The van der Waals surface area contributed by atoms with Crippen molar-refractivity contribution in [1.29, 1.82) is 0 Å². The first-order valence-electron chi connectivity index (χ1n) is 6.07. The number of nitrogens with one attached hydrogen (secondary N) is 1. The molecule has 0 amide bonds. The summed E-state index contributed by atoms with van der Waals surface area (Å²) in [5.74, 6) is 0. The predicted molar refractivity (Wildman–Crippen MR) is 65.4 cm³/mol. The Kier molecular flexibility index (Phi) is 2.44. The minimum absolute atomic E-state index is 0.491. The summed E-state index contributed by atoms with van der Waals surface area (Å²) >= 11 is 0. The molecule has 0 radical (unpaired) electrons. The fourth-order valence-electron chi connectivity index (χ4n) is 2.70. The topological polar surface area (TPSA) is 25.2 Å². The summed E-state index contributed by atoms with van der Waals surface area (Å²) in [6.07, 6.45) is 5.61. The third kappa shape index (κ3) is 1.63. The van der Waals surface area contributed by atoms with Gasteiger partial charge in [-0.25, -0.2) is 0 Å². The van der Waals surface area contributed by atoms with Crippen LogP contribution < -0.4 is 5.32 Å². The van der Waals surface area contributed by atoms with Gasteiger partial charge >= 0.3 is 0 Å². The molecular weight excluding hydrogens is 198 g/mol. The Hall–Kier alpha value is -1.28. The Balaban J connectivity index is 2.01. The molecule has 1 aromatic heterocycles. The maximum atomic E-state index is 5.45. The highest BCUT2D eigenvalue weighted by atomic mass is 16.3. The van der Waals surface area contributed by atoms with Gasteiger partial charge in [0.15, 0.2) is 0 Å². The van der Waals surface area contributed by atoms with Crippen molar-refractivity contribution in [2.75, 3.05) is 0 Å². The van der Waals surface area contributed by atoms with E-state index in [0.717, 1.165) is 5.58 Å². The van der Waals surface area contributed by atoms with Gasteiger partial charge in [0.1, 0.15) is 5.58 Å². The van der Waals surface area contributed by atoms with Crippen molar-refractivity contribution in [3.63, 3.8) is 0 Å². The third-order valence-corrected chi connectivity index (χ3v) is 3.52. The van der Waals surface area contributed by atoms with Crippen LogP contribution in [0.5, 0.6) is 0 Å². The Labute approximate surface area is 95.6 Å². The maximum Gasteiger partial charge on any atom is 0.134 e. The van der Waals surface area contributed by atoms with Crippen molar-refractivity contribution < 1.29 is 4.42 Å². The fraction of sp³-hybridized carbons (Fsp3) is 0.429. The lowest BCUT2D eigenvalue weighted by Gasteiger charge is -2.29. The van der Waals surface area contributed by atoms with Gasteiger partial charge in [0.2, 0.25) is 0 Å². The Bertz CT molecular complexity index is 488. The molecule has 0 bridgehead atoms. The highest BCUT2D eigenvalue weighted by Gasteiger charge is 2.21. The molecule has 2 atom stereocenters. The molecule has 1 N–H and O–H groups in total. The van der Waals surface area contributed by atoms with Gasteiger partial charge in [-0.15, -0.1) is 0 Å². The van der Waals surface area contributed by atoms with Crippen molar-refractivity contribution in [1.82, 2.24) is 5.32 Å². The zero-order valence-corrected chi connectivity index (χ0v) is 9.57. The molecule has 84 valence electrons. The largest absolute Gasteiger partial charge is 0.464 e. The first-order chi connectivity index (χ1) is 7.84. The van der Waals surface area contributed by atoms with Crippen LogP contribution in [0.2, 0.25) is 0 Å². The summed E-state index contributed by atoms with van der Waals surface area (Å²) < 4.78 is 5.45. The highest BCUT2D eigenvalue weighted by molar-refractivity contribution is 5.81. The third-order valence-electron chi connectivity index (χ3n) is 3.52. The molecule has 1 aromatic carbocycles. The van der Waals surface area contributed by atoms with Crippen molar-refractivity contribution in [3.05, 3.63) is 36.1 Å². The van der Waals surface area contributed by atoms with E-state index in [-0.39, 0.29) is 0 Å². The highest BCUT2D eigenvalue weighted by Crippen LogP contribution is 2.31. The molecule has 2 heterocycles. The van der Waals surface area contributed by atoms with Crippen LogP contribution in [0, 0.1) is 0 Å². The molecule has 1 fully saturated rings. The van der Waals surface area contributed by atoms with E-state index in [4.69, 9.17) is 4.42 Å². The Morgan fingerprint density at radius 3 is 3.06 bits per heavy atom. The quantitative estimate of drug-likeness (QED) is 0.785. The maximum absolute atomic E-state index is 5.45. The molecule has 1 aliphatic rings. The second-order valence-electron chi connectivity index (χ2n) is 4.73. The van der Waals surface area contributed by atoms with Crippen LogP contribution in [-0.2, 0) is 0 Å². The lowest BCUT2D eigenvalue weighted by molar-refractivity contribution is 0.343. The molecule has 1 aliphatic heterocycles. The van der Waals surface area contributed by atoms with Gasteiger partial charge in [-0.05, 0) is 37.5 Å². The normalized spacial score (nSPS) is 26.1. The van der Waals surface area contributed by atoms with E-state index in [1.807, 2.05) is 6.07 Å². The van der Waals surface area contributed by atoms with Crippen LogP contribution in [0.1, 0.15) is 37.8 Å². The summed E-state index contributed by atoms with van der Waals surface area (Å²) in [5, 5.41) is 4.93. The molecule has 0 aliphatic carbocycles. The predicted octanol–water partition coefficient (Wildman–Crippen LogP) is 3.64. The van der Waals surface area contributed by atoms with E-state index in [2.05, 4.69) is 30.4 Å². The number of benzene rings is 1. The Morgan fingerprint density at radius 2 is 2.19 bits per heavy atom. The van der Waals surface area contributed by atoms with E-state index in [9.17, 15) is 0 Å². The monoisotopic (exact) mass is 215 g/mol. The summed E-state index contributed by atoms with van der Waals surface area (Å²) in [4.78, 5) is 0. The zero-order chi connectivity index (χ0) is 11.0. The number of hydrogen-bond donors (Lipinski definition) is 1. The van der Waals surface area contributed by atoms with Gasteiger partial charge in [-0.3, -0.25) is 0 Å². The lowest BCUT2D eigenvalue weighted by Crippen LogP contribution is -2.34. The van der Waals surface area contributed by atoms with Crippen LogP contribution in [-0.4, -0.2) is 6.04 Å². The molecular formula is C14H17NO. The second-order valence-corrected chi connectivity index (χ2v) is 4.73. The van der Waals surface area contributed by atoms with E-state index >= 15 is 0 Å². The number of piperidine rings is 1. The van der Waals surface area contributed by atoms with Gasteiger partial charge in [0, 0.05) is 17.5 Å². The summed E-state index contributed by atoms with van der Waals surface area (Å²) in [6.45, 7) is 2.27. The minimum atomic E-state index is 0.491. The second kappa shape index (κ2) is 3.95. The average Bonchev–Trinajstić information content (AvgIpc) is 2.76. The molecule has 2 heteroatoms. The average molecular weight is 215 g/mol. The van der Waals surface area contributed by atoms with Crippen LogP contribution in [0.3, 0.4) is 0 Å². The first-order valence-corrected chi connectivity index (χ1v) is 6.07. The first kappa shape index (κ1) is 9.91. The number of rotatable bonds is 1. The van der Waals surface area contributed by atoms with Crippen LogP contribution in [0.4, 0.5) is 0 Å². The standard InChI is InChI=1S/C14H17NO/c1-10-4-2-6-13(15-10)11-5-3-7-14-12(11)8-9-16-14/h3,5,7-10,13,15H,2,4,6H2,1H3. The van der Waals surface area contributed by atoms with Crippen LogP contribution in [0.25, 0.3) is 11.0 Å². The van der Waals surface area contributed by atoms with E-state index in [1.54, 1.807) is 6.26 Å². The van der Waals surface area contributed by atoms with E-state index < -0.39 is 0 Å². The molecule has 2 aromatic rings. The van der Waals surface area contributed by atoms with E-state index in [0.29, 0.717) is 12.1 Å². The van der Waals surface area contributed by atoms with Gasteiger partial charge in [-0.2, -0.15) is 0 Å². The van der Waals surface area contributed by atoms with Gasteiger partial charge in [0.05, 0.1) is 6.26 Å². The van der Waals surface area contributed by atoms with Crippen molar-refractivity contribution in [3.8, 4) is 0 Å². The molecule has 2 unspecified atom stereocenters. The SMILES string of the molecule is CC1CCCC(c2cccc3occc23)N1. The number of fused-ring (bicyclic) bond motifs is 1. The fourth-order valence-corrected chi connectivity index (χ4v) is 2.70. The van der Waals surface area contributed by atoms with Gasteiger partial charge in [0.25, 0.3) is 0 Å². The van der Waals surface area contributed by atoms with E-state index in [1.165, 1.54) is 30.2 Å². The minimum Gasteiger partial charge on any atom is -0.464 e. The molecule has 0 spiro atoms. The molecule has 1 saturated heterocycles. The van der Waals surface area contributed by atoms with Gasteiger partial charge < -0.3 is 9.73 Å². The number of furan rings is 1. The smallest absolute Gasteiger partial charge is 0.134 e. The summed E-state index contributed by atoms with van der Waals surface area (Å²) in [5.41, 5.74) is 2.38. The lowest BCUT2D eigenvalue weighted by atomic mass is 9.92. The van der Waals surface area contributed by atoms with Crippen LogP contribution in [0.15, 0.2) is 34.9 Å². The van der Waals surface area contributed by atoms with Gasteiger partial charge in [-0.1, -0.05) is 18.6 Å². The van der Waals surface area contributed by atoms with Crippen molar-refractivity contribution in [2.45, 2.75) is 38.3 Å². The zero-order valence-electron chi connectivity index (χ0n) is 9.57. The summed E-state index contributed by atoms with van der Waals surface area (Å²) in [6, 6.07) is 9.53. The van der Waals surface area contributed by atoms with Crippen LogP contribution >= 0.6 is 0 Å². The number of hydrogen-bond acceptors (Lipinski definition) is 2.